The number of nitrogens with zero attached hydrogens (tertiary/aromatic N) is 2. The second kappa shape index (κ2) is 8.30. The van der Waals surface area contributed by atoms with E-state index in [4.69, 9.17) is 4.52 Å². The third-order valence-corrected chi connectivity index (χ3v) is 5.72. The van der Waals surface area contributed by atoms with Crippen molar-refractivity contribution in [2.24, 2.45) is 0 Å². The molecule has 1 amide bonds. The molecule has 1 aliphatic rings. The second-order valence-corrected chi connectivity index (χ2v) is 8.85. The summed E-state index contributed by atoms with van der Waals surface area (Å²) in [7, 11) is 0. The highest BCUT2D eigenvalue weighted by molar-refractivity contribution is 7.99. The number of carbonyl (C=O) groups is 1. The number of fused-ring (bicyclic) bond motifs is 1. The first-order valence-corrected chi connectivity index (χ1v) is 10.5. The molecule has 0 N–H and O–H groups in total. The van der Waals surface area contributed by atoms with Gasteiger partial charge in [0.2, 0.25) is 5.91 Å². The van der Waals surface area contributed by atoms with Gasteiger partial charge >= 0.3 is 0 Å². The van der Waals surface area contributed by atoms with Gasteiger partial charge in [0, 0.05) is 29.8 Å². The first-order chi connectivity index (χ1) is 12.4. The Kier molecular flexibility index (Phi) is 6.07. The van der Waals surface area contributed by atoms with Crippen LogP contribution in [0.5, 0.6) is 0 Å². The molecule has 3 rings (SSSR count). The third kappa shape index (κ3) is 4.70. The Hall–Kier alpha value is -1.75. The number of thioether (sulfide) groups is 1. The van der Waals surface area contributed by atoms with E-state index in [0.717, 1.165) is 35.6 Å². The van der Waals surface area contributed by atoms with Crippen molar-refractivity contribution in [2.45, 2.75) is 64.3 Å². The van der Waals surface area contributed by atoms with Crippen molar-refractivity contribution in [3.63, 3.8) is 0 Å². The summed E-state index contributed by atoms with van der Waals surface area (Å²) in [5.74, 6) is 2.43. The number of aromatic nitrogens is 1. The highest BCUT2D eigenvalue weighted by atomic mass is 32.2. The molecular formula is C21H28N2O2S. The molecule has 0 spiro atoms. The Morgan fingerprint density at radius 3 is 2.65 bits per heavy atom. The number of carbonyl (C=O) groups excluding carboxylic acids is 1. The molecule has 26 heavy (non-hydrogen) atoms. The fourth-order valence-corrected chi connectivity index (χ4v) is 4.19. The van der Waals surface area contributed by atoms with E-state index in [1.807, 2.05) is 23.1 Å². The standard InChI is InChI=1S/C21H28N2O2S/c1-21(2,3)23(13-16-9-5-4-6-10-16)20(24)15-26-14-18-17-11-7-8-12-19(17)25-22-18/h4-6,9-10H,7-8,11-15H2,1-3H3. The third-order valence-electron chi connectivity index (χ3n) is 4.79. The quantitative estimate of drug-likeness (QED) is 0.743. The van der Waals surface area contributed by atoms with Crippen LogP contribution in [0.25, 0.3) is 0 Å². The zero-order chi connectivity index (χ0) is 18.6. The smallest absolute Gasteiger partial charge is 0.233 e. The number of aryl methyl sites for hydroxylation is 1. The number of hydrogen-bond donors (Lipinski definition) is 0. The van der Waals surface area contributed by atoms with E-state index in [-0.39, 0.29) is 11.4 Å². The van der Waals surface area contributed by atoms with Crippen LogP contribution in [0, 0.1) is 0 Å². The van der Waals surface area contributed by atoms with Crippen molar-refractivity contribution in [3.05, 3.63) is 52.9 Å². The number of benzene rings is 1. The maximum absolute atomic E-state index is 12.9. The summed E-state index contributed by atoms with van der Waals surface area (Å²) in [6, 6.07) is 10.2. The Labute approximate surface area is 160 Å². The fraction of sp³-hybridized carbons (Fsp3) is 0.524. The van der Waals surface area contributed by atoms with Gasteiger partial charge in [-0.3, -0.25) is 4.79 Å². The van der Waals surface area contributed by atoms with Gasteiger partial charge in [-0.1, -0.05) is 35.5 Å². The minimum atomic E-state index is -0.208. The Morgan fingerprint density at radius 1 is 1.19 bits per heavy atom. The summed E-state index contributed by atoms with van der Waals surface area (Å²) in [5, 5.41) is 4.24. The van der Waals surface area contributed by atoms with E-state index in [0.29, 0.717) is 12.3 Å². The molecule has 1 aliphatic carbocycles. The second-order valence-electron chi connectivity index (χ2n) is 7.87. The maximum Gasteiger partial charge on any atom is 0.233 e. The Morgan fingerprint density at radius 2 is 1.92 bits per heavy atom. The van der Waals surface area contributed by atoms with Gasteiger partial charge in [0.25, 0.3) is 0 Å². The first-order valence-electron chi connectivity index (χ1n) is 9.33. The van der Waals surface area contributed by atoms with Crippen LogP contribution >= 0.6 is 11.8 Å². The number of rotatable bonds is 6. The lowest BCUT2D eigenvalue weighted by Crippen LogP contribution is -2.45. The average Bonchev–Trinajstić information content (AvgIpc) is 3.03. The van der Waals surface area contributed by atoms with Crippen LogP contribution in [0.4, 0.5) is 0 Å². The van der Waals surface area contributed by atoms with Crippen LogP contribution in [-0.2, 0) is 29.9 Å². The number of amides is 1. The van der Waals surface area contributed by atoms with E-state index in [9.17, 15) is 4.79 Å². The SMILES string of the molecule is CC(C)(C)N(Cc1ccccc1)C(=O)CSCc1noc2c1CCCC2. The number of hydrogen-bond acceptors (Lipinski definition) is 4. The average molecular weight is 373 g/mol. The van der Waals surface area contributed by atoms with Gasteiger partial charge in [-0.2, -0.15) is 0 Å². The molecular weight excluding hydrogens is 344 g/mol. The van der Waals surface area contributed by atoms with Crippen molar-refractivity contribution in [1.29, 1.82) is 0 Å². The molecule has 0 saturated heterocycles. The lowest BCUT2D eigenvalue weighted by atomic mass is 9.97. The molecule has 0 aliphatic heterocycles. The molecule has 2 aromatic rings. The molecule has 0 atom stereocenters. The van der Waals surface area contributed by atoms with Crippen LogP contribution in [0.3, 0.4) is 0 Å². The van der Waals surface area contributed by atoms with Crippen LogP contribution in [-0.4, -0.2) is 27.3 Å². The van der Waals surface area contributed by atoms with E-state index in [1.54, 1.807) is 11.8 Å². The van der Waals surface area contributed by atoms with E-state index >= 15 is 0 Å². The predicted octanol–water partition coefficient (Wildman–Crippen LogP) is 4.61. The van der Waals surface area contributed by atoms with E-state index in [1.165, 1.54) is 18.4 Å². The molecule has 1 aromatic carbocycles. The van der Waals surface area contributed by atoms with Gasteiger partial charge < -0.3 is 9.42 Å². The van der Waals surface area contributed by atoms with Crippen molar-refractivity contribution >= 4 is 17.7 Å². The van der Waals surface area contributed by atoms with Crippen LogP contribution < -0.4 is 0 Å². The van der Waals surface area contributed by atoms with E-state index < -0.39 is 0 Å². The zero-order valence-electron chi connectivity index (χ0n) is 16.0. The summed E-state index contributed by atoms with van der Waals surface area (Å²) >= 11 is 1.63. The van der Waals surface area contributed by atoms with E-state index in [2.05, 4.69) is 38.1 Å². The minimum Gasteiger partial charge on any atom is -0.361 e. The van der Waals surface area contributed by atoms with Crippen molar-refractivity contribution in [1.82, 2.24) is 10.1 Å². The van der Waals surface area contributed by atoms with Crippen LogP contribution in [0.15, 0.2) is 34.9 Å². The molecule has 4 nitrogen and oxygen atoms in total. The molecule has 0 saturated carbocycles. The summed E-state index contributed by atoms with van der Waals surface area (Å²) in [5.41, 5.74) is 3.27. The highest BCUT2D eigenvalue weighted by Crippen LogP contribution is 2.27. The molecule has 1 aromatic heterocycles. The molecule has 1 heterocycles. The monoisotopic (exact) mass is 372 g/mol. The highest BCUT2D eigenvalue weighted by Gasteiger charge is 2.26. The largest absolute Gasteiger partial charge is 0.361 e. The summed E-state index contributed by atoms with van der Waals surface area (Å²) in [4.78, 5) is 14.8. The lowest BCUT2D eigenvalue weighted by molar-refractivity contribution is -0.133. The molecule has 140 valence electrons. The molecule has 0 fully saturated rings. The van der Waals surface area contributed by atoms with Crippen LogP contribution in [0.1, 0.15) is 56.2 Å². The van der Waals surface area contributed by atoms with Crippen molar-refractivity contribution in [2.75, 3.05) is 5.75 Å². The first kappa shape index (κ1) is 19.0. The fourth-order valence-electron chi connectivity index (χ4n) is 3.34. The van der Waals surface area contributed by atoms with Gasteiger partial charge in [0.1, 0.15) is 5.76 Å². The Bertz CT molecular complexity index is 734. The molecule has 0 unspecified atom stereocenters. The molecule has 0 bridgehead atoms. The van der Waals surface area contributed by atoms with Gasteiger partial charge in [0.05, 0.1) is 11.4 Å². The lowest BCUT2D eigenvalue weighted by Gasteiger charge is -2.36. The van der Waals surface area contributed by atoms with Gasteiger partial charge in [0.15, 0.2) is 0 Å². The predicted molar refractivity (Wildman–Crippen MR) is 106 cm³/mol. The van der Waals surface area contributed by atoms with Crippen molar-refractivity contribution < 1.29 is 9.32 Å². The maximum atomic E-state index is 12.9. The summed E-state index contributed by atoms with van der Waals surface area (Å²) in [6.07, 6.45) is 4.46. The topological polar surface area (TPSA) is 46.3 Å². The van der Waals surface area contributed by atoms with Crippen molar-refractivity contribution in [3.8, 4) is 0 Å². The molecule has 0 radical (unpaired) electrons. The summed E-state index contributed by atoms with van der Waals surface area (Å²) < 4.78 is 5.47. The molecule has 5 heteroatoms. The van der Waals surface area contributed by atoms with Gasteiger partial charge in [-0.05, 0) is 45.6 Å². The van der Waals surface area contributed by atoms with Gasteiger partial charge in [-0.15, -0.1) is 11.8 Å². The Balaban J connectivity index is 1.58. The zero-order valence-corrected chi connectivity index (χ0v) is 16.8. The normalized spacial score (nSPS) is 14.1. The van der Waals surface area contributed by atoms with Gasteiger partial charge in [-0.25, -0.2) is 0 Å². The minimum absolute atomic E-state index is 0.170. The van der Waals surface area contributed by atoms with Crippen LogP contribution in [0.2, 0.25) is 0 Å². The summed E-state index contributed by atoms with van der Waals surface area (Å²) in [6.45, 7) is 6.91.